The molecule has 5 heteroatoms. The van der Waals surface area contributed by atoms with Crippen molar-refractivity contribution in [3.05, 3.63) is 23.8 Å². The summed E-state index contributed by atoms with van der Waals surface area (Å²) >= 11 is 6.11. The molecule has 0 amide bonds. The Morgan fingerprint density at radius 3 is 2.53 bits per heavy atom. The van der Waals surface area contributed by atoms with Gasteiger partial charge in [0.05, 0.1) is 6.04 Å². The molecule has 1 aromatic heterocycles. The average molecular weight is 255 g/mol. The number of piperidine rings is 1. The largest absolute Gasteiger partial charge is 0.329 e. The van der Waals surface area contributed by atoms with Crippen molar-refractivity contribution in [2.24, 2.45) is 5.73 Å². The summed E-state index contributed by atoms with van der Waals surface area (Å²) < 4.78 is 0. The number of rotatable bonds is 3. The number of likely N-dealkylation sites (tertiary alicyclic amines) is 1. The Morgan fingerprint density at radius 2 is 2.00 bits per heavy atom. The molecule has 2 rings (SSSR count). The van der Waals surface area contributed by atoms with Gasteiger partial charge in [-0.1, -0.05) is 0 Å². The molecule has 1 fully saturated rings. The summed E-state index contributed by atoms with van der Waals surface area (Å²) in [6.45, 7) is 4.49. The van der Waals surface area contributed by atoms with Gasteiger partial charge in [-0.15, -0.1) is 11.6 Å². The van der Waals surface area contributed by atoms with Crippen LogP contribution in [0.25, 0.3) is 0 Å². The van der Waals surface area contributed by atoms with Crippen LogP contribution in [0.3, 0.4) is 0 Å². The van der Waals surface area contributed by atoms with E-state index in [1.807, 2.05) is 19.3 Å². The molecule has 94 valence electrons. The lowest BCUT2D eigenvalue weighted by atomic mass is 10.0. The number of hydrogen-bond acceptors (Lipinski definition) is 4. The number of halogens is 1. The van der Waals surface area contributed by atoms with Crippen LogP contribution in [0.2, 0.25) is 0 Å². The molecule has 0 bridgehead atoms. The predicted molar refractivity (Wildman–Crippen MR) is 69.0 cm³/mol. The van der Waals surface area contributed by atoms with Gasteiger partial charge in [0.1, 0.15) is 5.82 Å². The van der Waals surface area contributed by atoms with Crippen LogP contribution in [0.1, 0.15) is 30.3 Å². The molecule has 1 unspecified atom stereocenters. The first kappa shape index (κ1) is 12.7. The van der Waals surface area contributed by atoms with Gasteiger partial charge in [0.2, 0.25) is 0 Å². The van der Waals surface area contributed by atoms with E-state index in [0.29, 0.717) is 11.9 Å². The van der Waals surface area contributed by atoms with Crippen LogP contribution in [0.4, 0.5) is 0 Å². The normalized spacial score (nSPS) is 20.4. The first-order valence-electron chi connectivity index (χ1n) is 6.07. The highest BCUT2D eigenvalue weighted by molar-refractivity contribution is 6.20. The van der Waals surface area contributed by atoms with E-state index in [9.17, 15) is 0 Å². The van der Waals surface area contributed by atoms with Crippen LogP contribution in [-0.2, 0) is 0 Å². The van der Waals surface area contributed by atoms with Gasteiger partial charge in [-0.05, 0) is 19.8 Å². The number of aryl methyl sites for hydroxylation is 1. The SMILES string of the molecule is Cc1ncc(C(CN)N2CCC(Cl)CC2)cn1. The van der Waals surface area contributed by atoms with Crippen molar-refractivity contribution in [3.63, 3.8) is 0 Å². The maximum absolute atomic E-state index is 6.11. The second-order valence-electron chi connectivity index (χ2n) is 4.53. The summed E-state index contributed by atoms with van der Waals surface area (Å²) in [5.41, 5.74) is 6.98. The number of nitrogens with zero attached hydrogens (tertiary/aromatic N) is 3. The Hall–Kier alpha value is -0.710. The van der Waals surface area contributed by atoms with Crippen LogP contribution in [0.15, 0.2) is 12.4 Å². The van der Waals surface area contributed by atoms with Crippen LogP contribution in [0, 0.1) is 6.92 Å². The molecule has 2 heterocycles. The summed E-state index contributed by atoms with van der Waals surface area (Å²) in [6.07, 6.45) is 5.83. The zero-order valence-corrected chi connectivity index (χ0v) is 10.9. The van der Waals surface area contributed by atoms with Gasteiger partial charge < -0.3 is 5.73 Å². The van der Waals surface area contributed by atoms with Crippen molar-refractivity contribution >= 4 is 11.6 Å². The third kappa shape index (κ3) is 3.15. The lowest BCUT2D eigenvalue weighted by Crippen LogP contribution is -2.40. The summed E-state index contributed by atoms with van der Waals surface area (Å²) in [7, 11) is 0. The van der Waals surface area contributed by atoms with Crippen LogP contribution in [-0.4, -0.2) is 39.9 Å². The minimum absolute atomic E-state index is 0.222. The van der Waals surface area contributed by atoms with E-state index in [0.717, 1.165) is 37.3 Å². The maximum Gasteiger partial charge on any atom is 0.125 e. The topological polar surface area (TPSA) is 55.0 Å². The van der Waals surface area contributed by atoms with Crippen LogP contribution < -0.4 is 5.73 Å². The monoisotopic (exact) mass is 254 g/mol. The van der Waals surface area contributed by atoms with E-state index in [4.69, 9.17) is 17.3 Å². The number of aromatic nitrogens is 2. The zero-order chi connectivity index (χ0) is 12.3. The fourth-order valence-corrected chi connectivity index (χ4v) is 2.45. The summed E-state index contributed by atoms with van der Waals surface area (Å²) in [5.74, 6) is 0.795. The van der Waals surface area contributed by atoms with Crippen LogP contribution in [0.5, 0.6) is 0 Å². The number of hydrogen-bond donors (Lipinski definition) is 1. The van der Waals surface area contributed by atoms with E-state index in [1.165, 1.54) is 0 Å². The molecule has 1 aromatic rings. The van der Waals surface area contributed by atoms with Crippen LogP contribution >= 0.6 is 11.6 Å². The maximum atomic E-state index is 6.11. The first-order chi connectivity index (χ1) is 8.20. The second kappa shape index (κ2) is 5.76. The highest BCUT2D eigenvalue weighted by Gasteiger charge is 2.24. The molecule has 1 saturated heterocycles. The van der Waals surface area contributed by atoms with Crippen molar-refractivity contribution in [1.29, 1.82) is 0 Å². The number of alkyl halides is 1. The van der Waals surface area contributed by atoms with E-state index >= 15 is 0 Å². The Kier molecular flexibility index (Phi) is 4.31. The van der Waals surface area contributed by atoms with Gasteiger partial charge in [-0.2, -0.15) is 0 Å². The van der Waals surface area contributed by atoms with Gasteiger partial charge in [-0.25, -0.2) is 9.97 Å². The molecule has 0 aromatic carbocycles. The zero-order valence-electron chi connectivity index (χ0n) is 10.1. The van der Waals surface area contributed by atoms with Gasteiger partial charge in [0.15, 0.2) is 0 Å². The molecule has 0 spiro atoms. The van der Waals surface area contributed by atoms with E-state index in [2.05, 4.69) is 14.9 Å². The number of nitrogens with two attached hydrogens (primary N) is 1. The van der Waals surface area contributed by atoms with Gasteiger partial charge in [0.25, 0.3) is 0 Å². The van der Waals surface area contributed by atoms with Crippen molar-refractivity contribution < 1.29 is 0 Å². The molecule has 1 atom stereocenters. The second-order valence-corrected chi connectivity index (χ2v) is 5.14. The Balaban J connectivity index is 2.08. The summed E-state index contributed by atoms with van der Waals surface area (Å²) in [6, 6.07) is 0.222. The predicted octanol–water partition coefficient (Wildman–Crippen LogP) is 1.49. The lowest BCUT2D eigenvalue weighted by Gasteiger charge is -2.35. The standard InChI is InChI=1S/C12H19ClN4/c1-9-15-7-10(8-16-9)12(6-14)17-4-2-11(13)3-5-17/h7-8,11-12H,2-6,14H2,1H3. The highest BCUT2D eigenvalue weighted by atomic mass is 35.5. The van der Waals surface area contributed by atoms with Crippen molar-refractivity contribution in [2.75, 3.05) is 19.6 Å². The van der Waals surface area contributed by atoms with Crippen molar-refractivity contribution in [1.82, 2.24) is 14.9 Å². The minimum atomic E-state index is 0.222. The lowest BCUT2D eigenvalue weighted by molar-refractivity contribution is 0.169. The van der Waals surface area contributed by atoms with E-state index < -0.39 is 0 Å². The molecule has 17 heavy (non-hydrogen) atoms. The quantitative estimate of drug-likeness (QED) is 0.831. The summed E-state index contributed by atoms with van der Waals surface area (Å²) in [5, 5.41) is 0.318. The van der Waals surface area contributed by atoms with Gasteiger partial charge >= 0.3 is 0 Å². The third-order valence-corrected chi connectivity index (χ3v) is 3.75. The Bertz CT molecular complexity index is 346. The Labute approximate surface area is 107 Å². The first-order valence-corrected chi connectivity index (χ1v) is 6.51. The molecule has 4 nitrogen and oxygen atoms in total. The Morgan fingerprint density at radius 1 is 1.41 bits per heavy atom. The smallest absolute Gasteiger partial charge is 0.125 e. The van der Waals surface area contributed by atoms with Crippen molar-refractivity contribution in [3.8, 4) is 0 Å². The highest BCUT2D eigenvalue weighted by Crippen LogP contribution is 2.24. The molecule has 2 N–H and O–H groups in total. The van der Waals surface area contributed by atoms with Gasteiger partial charge in [0, 0.05) is 43.0 Å². The molecular weight excluding hydrogens is 236 g/mol. The molecule has 0 aliphatic carbocycles. The fourth-order valence-electron chi connectivity index (χ4n) is 2.25. The molecule has 0 saturated carbocycles. The van der Waals surface area contributed by atoms with E-state index in [-0.39, 0.29) is 6.04 Å². The minimum Gasteiger partial charge on any atom is -0.329 e. The average Bonchev–Trinajstić information content (AvgIpc) is 2.35. The van der Waals surface area contributed by atoms with Crippen molar-refractivity contribution in [2.45, 2.75) is 31.2 Å². The van der Waals surface area contributed by atoms with Gasteiger partial charge in [-0.3, -0.25) is 4.90 Å². The fraction of sp³-hybridized carbons (Fsp3) is 0.667. The molecule has 0 radical (unpaired) electrons. The summed E-state index contributed by atoms with van der Waals surface area (Å²) in [4.78, 5) is 10.9. The third-order valence-electron chi connectivity index (χ3n) is 3.31. The molecule has 1 aliphatic rings. The molecular formula is C12H19ClN4. The molecule has 1 aliphatic heterocycles. The van der Waals surface area contributed by atoms with E-state index in [1.54, 1.807) is 0 Å².